The zero-order valence-electron chi connectivity index (χ0n) is 12.6. The minimum Gasteiger partial charge on any atom is -0.468 e. The first-order chi connectivity index (χ1) is 11.0. The SMILES string of the molecule is COC(=O)C(C#N)(Cc1ccc(Cl)cc1)Cc1ccc(Cl)cc1. The Balaban J connectivity index is 2.35. The number of esters is 1. The molecule has 0 aromatic heterocycles. The summed E-state index contributed by atoms with van der Waals surface area (Å²) >= 11 is 11.8. The molecule has 0 spiro atoms. The zero-order chi connectivity index (χ0) is 16.9. The Morgan fingerprint density at radius 3 is 1.70 bits per heavy atom. The van der Waals surface area contributed by atoms with Crippen LogP contribution in [0.1, 0.15) is 11.1 Å². The van der Waals surface area contributed by atoms with Gasteiger partial charge >= 0.3 is 5.97 Å². The van der Waals surface area contributed by atoms with Crippen molar-refractivity contribution in [2.45, 2.75) is 12.8 Å². The van der Waals surface area contributed by atoms with Crippen molar-refractivity contribution in [1.29, 1.82) is 5.26 Å². The summed E-state index contributed by atoms with van der Waals surface area (Å²) in [4.78, 5) is 12.3. The van der Waals surface area contributed by atoms with E-state index in [9.17, 15) is 10.1 Å². The molecular formula is C18H15Cl2NO2. The summed E-state index contributed by atoms with van der Waals surface area (Å²) in [5.74, 6) is -0.551. The van der Waals surface area contributed by atoms with E-state index in [1.807, 2.05) is 0 Å². The Labute approximate surface area is 145 Å². The summed E-state index contributed by atoms with van der Waals surface area (Å²) in [5.41, 5.74) is 0.391. The minimum absolute atomic E-state index is 0.246. The predicted octanol–water partition coefficient (Wildman–Crippen LogP) is 4.46. The number of carbonyl (C=O) groups is 1. The van der Waals surface area contributed by atoms with Crippen LogP contribution in [0.4, 0.5) is 0 Å². The van der Waals surface area contributed by atoms with E-state index < -0.39 is 11.4 Å². The molecule has 0 aliphatic heterocycles. The third-order valence-corrected chi connectivity index (χ3v) is 4.13. The van der Waals surface area contributed by atoms with Crippen LogP contribution in [0.3, 0.4) is 0 Å². The highest BCUT2D eigenvalue weighted by Crippen LogP contribution is 2.30. The van der Waals surface area contributed by atoms with Crippen LogP contribution in [0, 0.1) is 16.7 Å². The van der Waals surface area contributed by atoms with E-state index in [2.05, 4.69) is 6.07 Å². The Hall–Kier alpha value is -2.02. The van der Waals surface area contributed by atoms with Crippen LogP contribution < -0.4 is 0 Å². The van der Waals surface area contributed by atoms with E-state index in [0.717, 1.165) is 11.1 Å². The van der Waals surface area contributed by atoms with E-state index in [4.69, 9.17) is 27.9 Å². The molecule has 0 unspecified atom stereocenters. The molecule has 0 amide bonds. The van der Waals surface area contributed by atoms with Gasteiger partial charge in [-0.3, -0.25) is 4.79 Å². The van der Waals surface area contributed by atoms with Crippen molar-refractivity contribution in [2.24, 2.45) is 5.41 Å². The van der Waals surface area contributed by atoms with E-state index >= 15 is 0 Å². The molecule has 5 heteroatoms. The van der Waals surface area contributed by atoms with E-state index in [1.54, 1.807) is 48.5 Å². The summed E-state index contributed by atoms with van der Waals surface area (Å²) < 4.78 is 4.88. The van der Waals surface area contributed by atoms with Crippen LogP contribution in [0.25, 0.3) is 0 Å². The Morgan fingerprint density at radius 2 is 1.39 bits per heavy atom. The van der Waals surface area contributed by atoms with Gasteiger partial charge in [0.05, 0.1) is 13.2 Å². The average molecular weight is 348 g/mol. The molecule has 2 rings (SSSR count). The third-order valence-electron chi connectivity index (χ3n) is 3.63. The minimum atomic E-state index is -1.30. The van der Waals surface area contributed by atoms with E-state index in [1.165, 1.54) is 7.11 Å². The van der Waals surface area contributed by atoms with Crippen LogP contribution in [0.2, 0.25) is 10.0 Å². The van der Waals surface area contributed by atoms with Crippen LogP contribution in [-0.2, 0) is 22.4 Å². The fourth-order valence-corrected chi connectivity index (χ4v) is 2.68. The van der Waals surface area contributed by atoms with Crippen molar-refractivity contribution >= 4 is 29.2 Å². The number of halogens is 2. The second-order valence-electron chi connectivity index (χ2n) is 5.29. The summed E-state index contributed by atoms with van der Waals surface area (Å²) in [6.07, 6.45) is 0.492. The molecule has 0 heterocycles. The van der Waals surface area contributed by atoms with Crippen molar-refractivity contribution in [3.8, 4) is 6.07 Å². The lowest BCUT2D eigenvalue weighted by Crippen LogP contribution is -2.35. The molecule has 0 bridgehead atoms. The summed E-state index contributed by atoms with van der Waals surface area (Å²) in [5, 5.41) is 10.9. The summed E-state index contributed by atoms with van der Waals surface area (Å²) in [6, 6.07) is 16.3. The maximum absolute atomic E-state index is 12.3. The third kappa shape index (κ3) is 4.25. The second-order valence-corrected chi connectivity index (χ2v) is 6.16. The highest BCUT2D eigenvalue weighted by molar-refractivity contribution is 6.30. The summed E-state index contributed by atoms with van der Waals surface area (Å²) in [6.45, 7) is 0. The number of methoxy groups -OCH3 is 1. The van der Waals surface area contributed by atoms with Gasteiger partial charge in [0.2, 0.25) is 0 Å². The standard InChI is InChI=1S/C18H15Cl2NO2/c1-23-17(22)18(12-21,10-13-2-6-15(19)7-3-13)11-14-4-8-16(20)9-5-14/h2-9H,10-11H2,1H3. The van der Waals surface area contributed by atoms with Gasteiger partial charge in [0.1, 0.15) is 0 Å². The van der Waals surface area contributed by atoms with Gasteiger partial charge in [0.15, 0.2) is 5.41 Å². The smallest absolute Gasteiger partial charge is 0.326 e. The molecule has 0 aliphatic rings. The molecule has 3 nitrogen and oxygen atoms in total. The van der Waals surface area contributed by atoms with Gasteiger partial charge in [-0.2, -0.15) is 5.26 Å². The Bertz CT molecular complexity index is 671. The topological polar surface area (TPSA) is 50.1 Å². The van der Waals surface area contributed by atoms with Crippen molar-refractivity contribution in [3.63, 3.8) is 0 Å². The molecular weight excluding hydrogens is 333 g/mol. The van der Waals surface area contributed by atoms with Gasteiger partial charge in [0.25, 0.3) is 0 Å². The van der Waals surface area contributed by atoms with Crippen molar-refractivity contribution < 1.29 is 9.53 Å². The van der Waals surface area contributed by atoms with Crippen LogP contribution in [-0.4, -0.2) is 13.1 Å². The first-order valence-corrected chi connectivity index (χ1v) is 7.73. The first kappa shape index (κ1) is 17.3. The molecule has 0 fully saturated rings. The normalized spacial score (nSPS) is 10.9. The number of ether oxygens (including phenoxy) is 1. The van der Waals surface area contributed by atoms with Crippen LogP contribution >= 0.6 is 23.2 Å². The molecule has 23 heavy (non-hydrogen) atoms. The molecule has 0 N–H and O–H groups in total. The van der Waals surface area contributed by atoms with Crippen molar-refractivity contribution in [1.82, 2.24) is 0 Å². The first-order valence-electron chi connectivity index (χ1n) is 6.98. The highest BCUT2D eigenvalue weighted by atomic mass is 35.5. The molecule has 0 atom stereocenters. The van der Waals surface area contributed by atoms with Gasteiger partial charge in [-0.15, -0.1) is 0 Å². The number of carbonyl (C=O) groups excluding carboxylic acids is 1. The maximum Gasteiger partial charge on any atom is 0.326 e. The predicted molar refractivity (Wildman–Crippen MR) is 90.4 cm³/mol. The highest BCUT2D eigenvalue weighted by Gasteiger charge is 2.40. The summed E-state index contributed by atoms with van der Waals surface area (Å²) in [7, 11) is 1.29. The van der Waals surface area contributed by atoms with Gasteiger partial charge in [-0.25, -0.2) is 0 Å². The van der Waals surface area contributed by atoms with E-state index in [-0.39, 0.29) is 12.8 Å². The monoisotopic (exact) mass is 347 g/mol. The number of benzene rings is 2. The van der Waals surface area contributed by atoms with Gasteiger partial charge in [-0.1, -0.05) is 47.5 Å². The lowest BCUT2D eigenvalue weighted by molar-refractivity contribution is -0.149. The van der Waals surface area contributed by atoms with Crippen molar-refractivity contribution in [3.05, 3.63) is 69.7 Å². The van der Waals surface area contributed by atoms with Gasteiger partial charge in [-0.05, 0) is 35.4 Å². The molecule has 0 saturated carbocycles. The number of rotatable bonds is 5. The number of nitriles is 1. The lowest BCUT2D eigenvalue weighted by Gasteiger charge is -2.24. The lowest BCUT2D eigenvalue weighted by atomic mass is 9.78. The average Bonchev–Trinajstić information content (AvgIpc) is 2.57. The number of hydrogen-bond donors (Lipinski definition) is 0. The fraction of sp³-hybridized carbons (Fsp3) is 0.222. The van der Waals surface area contributed by atoms with Crippen LogP contribution in [0.15, 0.2) is 48.5 Å². The second kappa shape index (κ2) is 7.50. The molecule has 118 valence electrons. The van der Waals surface area contributed by atoms with E-state index in [0.29, 0.717) is 10.0 Å². The number of nitrogens with zero attached hydrogens (tertiary/aromatic N) is 1. The zero-order valence-corrected chi connectivity index (χ0v) is 14.1. The largest absolute Gasteiger partial charge is 0.468 e. The van der Waals surface area contributed by atoms with Crippen molar-refractivity contribution in [2.75, 3.05) is 7.11 Å². The van der Waals surface area contributed by atoms with Gasteiger partial charge in [0, 0.05) is 22.9 Å². The molecule has 0 saturated heterocycles. The number of hydrogen-bond acceptors (Lipinski definition) is 3. The quantitative estimate of drug-likeness (QED) is 0.750. The maximum atomic E-state index is 12.3. The molecule has 2 aromatic carbocycles. The Morgan fingerprint density at radius 1 is 1.00 bits per heavy atom. The fourth-order valence-electron chi connectivity index (χ4n) is 2.43. The molecule has 0 radical (unpaired) electrons. The van der Waals surface area contributed by atoms with Gasteiger partial charge < -0.3 is 4.74 Å². The molecule has 2 aromatic rings. The molecule has 0 aliphatic carbocycles. The van der Waals surface area contributed by atoms with Crippen LogP contribution in [0.5, 0.6) is 0 Å². The Kier molecular flexibility index (Phi) is 5.65.